The molecule has 2 aliphatic carbocycles. The van der Waals surface area contributed by atoms with Crippen molar-refractivity contribution in [2.24, 2.45) is 22.7 Å². The normalized spacial score (nSPS) is 35.8. The van der Waals surface area contributed by atoms with Crippen LogP contribution in [0.1, 0.15) is 96.3 Å². The van der Waals surface area contributed by atoms with Gasteiger partial charge >= 0.3 is 0 Å². The van der Waals surface area contributed by atoms with Crippen molar-refractivity contribution in [3.05, 3.63) is 41.0 Å². The number of rotatable bonds is 5. The highest BCUT2D eigenvalue weighted by Crippen LogP contribution is 2.63. The van der Waals surface area contributed by atoms with Crippen LogP contribution in [0.25, 0.3) is 6.08 Å². The van der Waals surface area contributed by atoms with Gasteiger partial charge in [0.25, 0.3) is 0 Å². The third kappa shape index (κ3) is 4.55. The molecule has 2 aliphatic rings. The van der Waals surface area contributed by atoms with Crippen LogP contribution < -0.4 is 0 Å². The maximum absolute atomic E-state index is 11.4. The third-order valence-electron chi connectivity index (χ3n) is 8.85. The minimum Gasteiger partial charge on any atom is -0.390 e. The number of benzene rings is 1. The first-order valence-corrected chi connectivity index (χ1v) is 12.0. The lowest BCUT2D eigenvalue weighted by Crippen LogP contribution is -2.57. The van der Waals surface area contributed by atoms with E-state index in [1.54, 1.807) is 0 Å². The lowest BCUT2D eigenvalue weighted by Gasteiger charge is -2.61. The summed E-state index contributed by atoms with van der Waals surface area (Å²) < 4.78 is 0. The third-order valence-corrected chi connectivity index (χ3v) is 8.85. The Bertz CT molecular complexity index is 766. The van der Waals surface area contributed by atoms with Crippen molar-refractivity contribution >= 4 is 6.08 Å². The average molecular weight is 413 g/mol. The summed E-state index contributed by atoms with van der Waals surface area (Å²) in [5.41, 5.74) is 2.63. The number of aliphatic hydroxyl groups is 2. The van der Waals surface area contributed by atoms with Gasteiger partial charge in [-0.3, -0.25) is 0 Å². The number of hydrogen-bond donors (Lipinski definition) is 2. The highest BCUT2D eigenvalue weighted by Gasteiger charge is 2.57. The van der Waals surface area contributed by atoms with Crippen LogP contribution in [0.5, 0.6) is 0 Å². The summed E-state index contributed by atoms with van der Waals surface area (Å²) in [7, 11) is 0. The molecule has 2 nitrogen and oxygen atoms in total. The molecule has 168 valence electrons. The van der Waals surface area contributed by atoms with Crippen LogP contribution in [0.15, 0.2) is 24.3 Å². The lowest BCUT2D eigenvalue weighted by atomic mass is 9.45. The van der Waals surface area contributed by atoms with Gasteiger partial charge in [0.05, 0.1) is 11.2 Å². The fraction of sp³-hybridized carbons (Fsp3) is 0.714. The molecule has 0 spiro atoms. The van der Waals surface area contributed by atoms with Gasteiger partial charge < -0.3 is 10.2 Å². The molecule has 30 heavy (non-hydrogen) atoms. The Kier molecular flexibility index (Phi) is 6.35. The summed E-state index contributed by atoms with van der Waals surface area (Å²) in [5.74, 6) is 0.877. The second-order valence-electron chi connectivity index (χ2n) is 11.9. The molecule has 2 heteroatoms. The maximum atomic E-state index is 11.4. The zero-order valence-corrected chi connectivity index (χ0v) is 20.4. The van der Waals surface area contributed by atoms with Crippen molar-refractivity contribution in [1.82, 2.24) is 0 Å². The first-order chi connectivity index (χ1) is 13.8. The van der Waals surface area contributed by atoms with Crippen LogP contribution in [-0.2, 0) is 0 Å². The van der Waals surface area contributed by atoms with E-state index in [4.69, 9.17) is 0 Å². The van der Waals surface area contributed by atoms with E-state index in [2.05, 4.69) is 58.9 Å². The predicted octanol–water partition coefficient (Wildman–Crippen LogP) is 6.84. The van der Waals surface area contributed by atoms with Crippen LogP contribution in [0.3, 0.4) is 0 Å². The molecule has 5 atom stereocenters. The minimum absolute atomic E-state index is 0.149. The van der Waals surface area contributed by atoms with Gasteiger partial charge in [-0.05, 0) is 106 Å². The SMILES string of the molecule is Cc1cccc(C)c1/C=C/[C@](C)(O)CC[C@@H]1[C@@]2(C)CCCC(C)(C)[C@@H]2CC[C@@]1(C)O. The Balaban J connectivity index is 1.79. The van der Waals surface area contributed by atoms with Gasteiger partial charge in [-0.15, -0.1) is 0 Å². The van der Waals surface area contributed by atoms with Gasteiger partial charge in [0.2, 0.25) is 0 Å². The second kappa shape index (κ2) is 8.10. The molecular weight excluding hydrogens is 368 g/mol. The number of fused-ring (bicyclic) bond motifs is 1. The molecule has 0 radical (unpaired) electrons. The highest BCUT2D eigenvalue weighted by atomic mass is 16.3. The van der Waals surface area contributed by atoms with Crippen LogP contribution in [-0.4, -0.2) is 21.4 Å². The van der Waals surface area contributed by atoms with Crippen molar-refractivity contribution in [1.29, 1.82) is 0 Å². The second-order valence-corrected chi connectivity index (χ2v) is 11.9. The standard InChI is InChI=1S/C28H44O2/c1-20-10-8-11-21(2)22(20)12-17-26(5,29)18-13-24-27(6)16-9-15-25(3,4)23(27)14-19-28(24,7)30/h8,10-12,17,23-24,29-30H,9,13-16,18-19H2,1-7H3/b17-12+/t23-,24+,26-,27-,28+/m0/s1. The van der Waals surface area contributed by atoms with Gasteiger partial charge in [0, 0.05) is 0 Å². The zero-order chi connectivity index (χ0) is 22.4. The number of hydrogen-bond acceptors (Lipinski definition) is 2. The van der Waals surface area contributed by atoms with Crippen molar-refractivity contribution in [2.75, 3.05) is 0 Å². The Morgan fingerprint density at radius 3 is 2.33 bits per heavy atom. The van der Waals surface area contributed by atoms with E-state index in [1.807, 2.05) is 19.9 Å². The van der Waals surface area contributed by atoms with Crippen molar-refractivity contribution in [3.63, 3.8) is 0 Å². The molecule has 0 heterocycles. The first kappa shape index (κ1) is 23.5. The Hall–Kier alpha value is -1.12. The smallest absolute Gasteiger partial charge is 0.0803 e. The van der Waals surface area contributed by atoms with Crippen LogP contribution in [0.2, 0.25) is 0 Å². The highest BCUT2D eigenvalue weighted by molar-refractivity contribution is 5.58. The lowest BCUT2D eigenvalue weighted by molar-refractivity contribution is -0.171. The van der Waals surface area contributed by atoms with E-state index in [9.17, 15) is 10.2 Å². The van der Waals surface area contributed by atoms with Gasteiger partial charge in [-0.25, -0.2) is 0 Å². The Morgan fingerprint density at radius 2 is 1.70 bits per heavy atom. The summed E-state index contributed by atoms with van der Waals surface area (Å²) in [5, 5.41) is 22.6. The quantitative estimate of drug-likeness (QED) is 0.556. The fourth-order valence-electron chi connectivity index (χ4n) is 7.14. The summed E-state index contributed by atoms with van der Waals surface area (Å²) in [4.78, 5) is 0. The summed E-state index contributed by atoms with van der Waals surface area (Å²) >= 11 is 0. The summed E-state index contributed by atoms with van der Waals surface area (Å²) in [6, 6.07) is 6.31. The van der Waals surface area contributed by atoms with E-state index < -0.39 is 11.2 Å². The molecule has 0 amide bonds. The molecule has 1 aromatic rings. The van der Waals surface area contributed by atoms with E-state index >= 15 is 0 Å². The van der Waals surface area contributed by atoms with E-state index in [1.165, 1.54) is 36.0 Å². The van der Waals surface area contributed by atoms with Crippen molar-refractivity contribution in [3.8, 4) is 0 Å². The van der Waals surface area contributed by atoms with Crippen LogP contribution in [0, 0.1) is 36.5 Å². The van der Waals surface area contributed by atoms with Gasteiger partial charge in [-0.1, -0.05) is 57.5 Å². The van der Waals surface area contributed by atoms with Gasteiger partial charge in [0.15, 0.2) is 0 Å². The molecule has 3 rings (SSSR count). The molecule has 0 aromatic heterocycles. The monoisotopic (exact) mass is 412 g/mol. The zero-order valence-electron chi connectivity index (χ0n) is 20.4. The van der Waals surface area contributed by atoms with Gasteiger partial charge in [-0.2, -0.15) is 0 Å². The average Bonchev–Trinajstić information content (AvgIpc) is 2.59. The fourth-order valence-corrected chi connectivity index (χ4v) is 7.14. The van der Waals surface area contributed by atoms with Crippen LogP contribution in [0.4, 0.5) is 0 Å². The van der Waals surface area contributed by atoms with Gasteiger partial charge in [0.1, 0.15) is 0 Å². The van der Waals surface area contributed by atoms with Crippen molar-refractivity contribution in [2.45, 2.75) is 105 Å². The molecule has 2 N–H and O–H groups in total. The van der Waals surface area contributed by atoms with Crippen molar-refractivity contribution < 1.29 is 10.2 Å². The molecule has 2 saturated carbocycles. The Labute approximate surface area is 184 Å². The molecule has 1 aromatic carbocycles. The van der Waals surface area contributed by atoms with Crippen LogP contribution >= 0.6 is 0 Å². The summed E-state index contributed by atoms with van der Waals surface area (Å²) in [6.07, 6.45) is 11.3. The molecule has 0 unspecified atom stereocenters. The topological polar surface area (TPSA) is 40.5 Å². The minimum atomic E-state index is -0.877. The molecular formula is C28H44O2. The largest absolute Gasteiger partial charge is 0.390 e. The summed E-state index contributed by atoms with van der Waals surface area (Å²) in [6.45, 7) is 15.5. The Morgan fingerprint density at radius 1 is 1.07 bits per heavy atom. The first-order valence-electron chi connectivity index (χ1n) is 12.0. The molecule has 0 bridgehead atoms. The number of aryl methyl sites for hydroxylation is 2. The predicted molar refractivity (Wildman–Crippen MR) is 127 cm³/mol. The molecule has 0 aliphatic heterocycles. The maximum Gasteiger partial charge on any atom is 0.0803 e. The molecule has 2 fully saturated rings. The molecule has 0 saturated heterocycles. The van der Waals surface area contributed by atoms with E-state index in [0.29, 0.717) is 17.8 Å². The van der Waals surface area contributed by atoms with E-state index in [-0.39, 0.29) is 11.3 Å². The van der Waals surface area contributed by atoms with E-state index in [0.717, 1.165) is 19.3 Å².